The Bertz CT molecular complexity index is 986. The van der Waals surface area contributed by atoms with Crippen LogP contribution >= 0.6 is 0 Å². The molecule has 7 nitrogen and oxygen atoms in total. The van der Waals surface area contributed by atoms with Crippen molar-refractivity contribution in [2.75, 3.05) is 27.2 Å². The summed E-state index contributed by atoms with van der Waals surface area (Å²) in [6, 6.07) is 12.6. The average Bonchev–Trinajstić information content (AvgIpc) is 2.75. The molecule has 3 rings (SSSR count). The number of halogens is 1. The minimum atomic E-state index is -3.40. The second-order valence-corrected chi connectivity index (χ2v) is 9.92. The number of benzene rings is 2. The largest absolute Gasteiger partial charge is 0.490 e. The zero-order valence-corrected chi connectivity index (χ0v) is 18.7. The van der Waals surface area contributed by atoms with E-state index in [1.54, 1.807) is 36.4 Å². The maximum absolute atomic E-state index is 13.1. The highest BCUT2D eigenvalue weighted by molar-refractivity contribution is 7.86. The van der Waals surface area contributed by atoms with Crippen LogP contribution in [0.15, 0.2) is 48.5 Å². The van der Waals surface area contributed by atoms with Crippen molar-refractivity contribution in [3.05, 3.63) is 65.5 Å². The van der Waals surface area contributed by atoms with Crippen molar-refractivity contribution in [1.82, 2.24) is 13.9 Å². The van der Waals surface area contributed by atoms with Crippen LogP contribution < -0.4 is 10.1 Å². The molecule has 1 fully saturated rings. The molecule has 0 saturated carbocycles. The second kappa shape index (κ2) is 9.76. The molecule has 31 heavy (non-hydrogen) atoms. The molecule has 0 bridgehead atoms. The predicted octanol–water partition coefficient (Wildman–Crippen LogP) is 2.97. The third-order valence-electron chi connectivity index (χ3n) is 5.33. The minimum Gasteiger partial charge on any atom is -0.490 e. The van der Waals surface area contributed by atoms with Crippen LogP contribution in [0.4, 0.5) is 4.39 Å². The lowest BCUT2D eigenvalue weighted by Crippen LogP contribution is -2.46. The molecule has 1 amide bonds. The van der Waals surface area contributed by atoms with Crippen molar-refractivity contribution in [2.45, 2.75) is 31.9 Å². The Kier molecular flexibility index (Phi) is 7.30. The summed E-state index contributed by atoms with van der Waals surface area (Å²) in [5.41, 5.74) is 1.31. The molecule has 0 aliphatic carbocycles. The average molecular weight is 450 g/mol. The summed E-state index contributed by atoms with van der Waals surface area (Å²) < 4.78 is 46.1. The van der Waals surface area contributed by atoms with Gasteiger partial charge in [0.15, 0.2) is 0 Å². The maximum Gasteiger partial charge on any atom is 0.281 e. The molecule has 1 aliphatic heterocycles. The molecule has 1 atom stereocenters. The molecule has 1 aliphatic rings. The highest BCUT2D eigenvalue weighted by Crippen LogP contribution is 2.22. The molecule has 0 spiro atoms. The lowest BCUT2D eigenvalue weighted by molar-refractivity contribution is 0.0939. The normalized spacial score (nSPS) is 16.8. The van der Waals surface area contributed by atoms with E-state index >= 15 is 0 Å². The van der Waals surface area contributed by atoms with E-state index in [4.69, 9.17) is 4.74 Å². The van der Waals surface area contributed by atoms with Gasteiger partial charge in [-0.15, -0.1) is 0 Å². The summed E-state index contributed by atoms with van der Waals surface area (Å²) in [6.07, 6.45) is 1.13. The van der Waals surface area contributed by atoms with E-state index < -0.39 is 10.2 Å². The SMILES string of the molecule is C[C@H](NC(=O)c1ccc(OC2CCN(S(=O)(=O)N(C)C)CC2)cc1)c1ccc(F)cc1. The van der Waals surface area contributed by atoms with E-state index in [1.165, 1.54) is 34.8 Å². The second-order valence-electron chi connectivity index (χ2n) is 7.78. The summed E-state index contributed by atoms with van der Waals surface area (Å²) in [5.74, 6) is 0.0884. The standard InChI is InChI=1S/C22H28FN3O4S/c1-16(17-4-8-19(23)9-5-17)24-22(27)18-6-10-20(11-7-18)30-21-12-14-26(15-13-21)31(28,29)25(2)3/h4-11,16,21H,12-15H2,1-3H3,(H,24,27)/t16-/m0/s1. The Balaban J connectivity index is 1.52. The maximum atomic E-state index is 13.1. The van der Waals surface area contributed by atoms with Gasteiger partial charge in [0, 0.05) is 32.7 Å². The smallest absolute Gasteiger partial charge is 0.281 e. The fourth-order valence-electron chi connectivity index (χ4n) is 3.40. The third kappa shape index (κ3) is 5.81. The zero-order valence-electron chi connectivity index (χ0n) is 17.9. The molecule has 0 aromatic heterocycles. The van der Waals surface area contributed by atoms with Gasteiger partial charge in [-0.3, -0.25) is 4.79 Å². The molecule has 0 unspecified atom stereocenters. The summed E-state index contributed by atoms with van der Waals surface area (Å²) in [7, 11) is -0.348. The number of rotatable bonds is 7. The number of nitrogens with zero attached hydrogens (tertiary/aromatic N) is 2. The fourth-order valence-corrected chi connectivity index (χ4v) is 4.54. The topological polar surface area (TPSA) is 79.0 Å². The summed E-state index contributed by atoms with van der Waals surface area (Å²) >= 11 is 0. The van der Waals surface area contributed by atoms with Crippen molar-refractivity contribution in [3.63, 3.8) is 0 Å². The number of ether oxygens (including phenoxy) is 1. The van der Waals surface area contributed by atoms with Gasteiger partial charge < -0.3 is 10.1 Å². The van der Waals surface area contributed by atoms with Crippen LogP contribution in [0.2, 0.25) is 0 Å². The molecule has 1 N–H and O–H groups in total. The molecule has 2 aromatic carbocycles. The molecular formula is C22H28FN3O4S. The first-order chi connectivity index (χ1) is 14.7. The van der Waals surface area contributed by atoms with Crippen molar-refractivity contribution in [2.24, 2.45) is 0 Å². The van der Waals surface area contributed by atoms with Crippen molar-refractivity contribution in [3.8, 4) is 5.75 Å². The number of piperidine rings is 1. The number of hydrogen-bond donors (Lipinski definition) is 1. The molecule has 9 heteroatoms. The summed E-state index contributed by atoms with van der Waals surface area (Å²) in [6.45, 7) is 2.66. The van der Waals surface area contributed by atoms with E-state index in [0.29, 0.717) is 37.2 Å². The van der Waals surface area contributed by atoms with Crippen LogP contribution in [-0.4, -0.2) is 56.2 Å². The molecule has 1 heterocycles. The zero-order chi connectivity index (χ0) is 22.6. The van der Waals surface area contributed by atoms with Gasteiger partial charge in [-0.25, -0.2) is 4.39 Å². The van der Waals surface area contributed by atoms with Crippen LogP contribution in [-0.2, 0) is 10.2 Å². The van der Waals surface area contributed by atoms with E-state index in [9.17, 15) is 17.6 Å². The van der Waals surface area contributed by atoms with Gasteiger partial charge in [0.05, 0.1) is 6.04 Å². The number of amides is 1. The van der Waals surface area contributed by atoms with E-state index in [2.05, 4.69) is 5.32 Å². The Morgan fingerprint density at radius 2 is 1.68 bits per heavy atom. The lowest BCUT2D eigenvalue weighted by atomic mass is 10.1. The van der Waals surface area contributed by atoms with Crippen LogP contribution in [0.3, 0.4) is 0 Å². The molecule has 1 saturated heterocycles. The molecule has 2 aromatic rings. The van der Waals surface area contributed by atoms with Crippen molar-refractivity contribution < 1.29 is 22.3 Å². The quantitative estimate of drug-likeness (QED) is 0.705. The van der Waals surface area contributed by atoms with E-state index in [1.807, 2.05) is 6.92 Å². The van der Waals surface area contributed by atoms with Gasteiger partial charge in [-0.2, -0.15) is 17.0 Å². The van der Waals surface area contributed by atoms with Gasteiger partial charge in [0.2, 0.25) is 0 Å². The first kappa shape index (κ1) is 23.2. The Morgan fingerprint density at radius 1 is 1.10 bits per heavy atom. The van der Waals surface area contributed by atoms with Crippen LogP contribution in [0.25, 0.3) is 0 Å². The first-order valence-corrected chi connectivity index (χ1v) is 11.6. The van der Waals surface area contributed by atoms with Crippen molar-refractivity contribution in [1.29, 1.82) is 0 Å². The van der Waals surface area contributed by atoms with E-state index in [0.717, 1.165) is 5.56 Å². The highest BCUT2D eigenvalue weighted by atomic mass is 32.2. The van der Waals surface area contributed by atoms with E-state index in [-0.39, 0.29) is 23.9 Å². The number of hydrogen-bond acceptors (Lipinski definition) is 4. The molecule has 0 radical (unpaired) electrons. The Labute approximate surface area is 183 Å². The number of nitrogens with one attached hydrogen (secondary N) is 1. The molecular weight excluding hydrogens is 421 g/mol. The number of carbonyl (C=O) groups excluding carboxylic acids is 1. The third-order valence-corrected chi connectivity index (χ3v) is 7.27. The van der Waals surface area contributed by atoms with Gasteiger partial charge in [0.1, 0.15) is 17.7 Å². The molecule has 168 valence electrons. The Hall–Kier alpha value is -2.49. The fraction of sp³-hybridized carbons (Fsp3) is 0.409. The lowest BCUT2D eigenvalue weighted by Gasteiger charge is -2.32. The summed E-state index contributed by atoms with van der Waals surface area (Å²) in [5, 5.41) is 2.89. The summed E-state index contributed by atoms with van der Waals surface area (Å²) in [4.78, 5) is 12.5. The Morgan fingerprint density at radius 3 is 2.23 bits per heavy atom. The first-order valence-electron chi connectivity index (χ1n) is 10.2. The van der Waals surface area contributed by atoms with Crippen molar-refractivity contribution >= 4 is 16.1 Å². The van der Waals surface area contributed by atoms with Crippen LogP contribution in [0.5, 0.6) is 5.75 Å². The highest BCUT2D eigenvalue weighted by Gasteiger charge is 2.30. The van der Waals surface area contributed by atoms with Crippen LogP contribution in [0, 0.1) is 5.82 Å². The van der Waals surface area contributed by atoms with Gasteiger partial charge in [-0.05, 0) is 61.7 Å². The predicted molar refractivity (Wildman–Crippen MR) is 117 cm³/mol. The van der Waals surface area contributed by atoms with Gasteiger partial charge in [0.25, 0.3) is 16.1 Å². The monoisotopic (exact) mass is 449 g/mol. The van der Waals surface area contributed by atoms with Crippen LogP contribution in [0.1, 0.15) is 41.7 Å². The minimum absolute atomic E-state index is 0.0770. The number of carbonyl (C=O) groups is 1. The van der Waals surface area contributed by atoms with Gasteiger partial charge in [-0.1, -0.05) is 12.1 Å². The van der Waals surface area contributed by atoms with Gasteiger partial charge >= 0.3 is 0 Å².